The van der Waals surface area contributed by atoms with Crippen molar-refractivity contribution < 1.29 is 23.8 Å². The van der Waals surface area contributed by atoms with Crippen LogP contribution in [0.4, 0.5) is 0 Å². The molecule has 4 rings (SSSR count). The number of aliphatic imine (C=N–C) groups is 1. The summed E-state index contributed by atoms with van der Waals surface area (Å²) in [5.74, 6) is 2.29. The molecule has 0 bridgehead atoms. The number of fused-ring (bicyclic) bond motifs is 1. The smallest absolute Gasteiger partial charge is 0.282 e. The van der Waals surface area contributed by atoms with Crippen molar-refractivity contribution >= 4 is 23.7 Å². The van der Waals surface area contributed by atoms with Gasteiger partial charge in [0.2, 0.25) is 0 Å². The lowest BCUT2D eigenvalue weighted by Crippen LogP contribution is -2.38. The average molecular weight is 462 g/mol. The zero-order valence-corrected chi connectivity index (χ0v) is 19.5. The number of nitrogens with one attached hydrogen (secondary N) is 1. The van der Waals surface area contributed by atoms with Crippen LogP contribution in [-0.4, -0.2) is 43.0 Å². The second-order valence-electron chi connectivity index (χ2n) is 7.78. The van der Waals surface area contributed by atoms with Crippen LogP contribution in [0.2, 0.25) is 0 Å². The van der Waals surface area contributed by atoms with Gasteiger partial charge < -0.3 is 19.0 Å². The van der Waals surface area contributed by atoms with Crippen molar-refractivity contribution in [2.75, 3.05) is 20.3 Å². The van der Waals surface area contributed by atoms with Crippen molar-refractivity contribution in [3.63, 3.8) is 0 Å². The molecule has 1 amide bonds. The van der Waals surface area contributed by atoms with E-state index in [1.807, 2.05) is 12.1 Å². The first-order valence-corrected chi connectivity index (χ1v) is 11.1. The molecule has 2 aromatic carbocycles. The van der Waals surface area contributed by atoms with Crippen LogP contribution >= 0.6 is 0 Å². The zero-order valence-electron chi connectivity index (χ0n) is 19.5. The largest absolute Gasteiger partial charge is 0.493 e. The Morgan fingerprint density at radius 2 is 1.85 bits per heavy atom. The van der Waals surface area contributed by atoms with Crippen LogP contribution in [0, 0.1) is 5.41 Å². The Morgan fingerprint density at radius 1 is 1.09 bits per heavy atom. The Hall–Kier alpha value is -4.07. The summed E-state index contributed by atoms with van der Waals surface area (Å²) < 4.78 is 17.1. The van der Waals surface area contributed by atoms with E-state index in [0.29, 0.717) is 48.3 Å². The van der Waals surface area contributed by atoms with Gasteiger partial charge in [-0.1, -0.05) is 25.1 Å². The van der Waals surface area contributed by atoms with Crippen LogP contribution in [0.3, 0.4) is 0 Å². The molecule has 34 heavy (non-hydrogen) atoms. The molecule has 0 saturated heterocycles. The molecule has 0 atom stereocenters. The zero-order chi connectivity index (χ0) is 24.1. The highest BCUT2D eigenvalue weighted by atomic mass is 16.7. The van der Waals surface area contributed by atoms with Crippen LogP contribution in [-0.2, 0) is 16.1 Å². The number of methoxy groups -OCH3 is 1. The van der Waals surface area contributed by atoms with Gasteiger partial charge in [0.05, 0.1) is 25.9 Å². The summed E-state index contributed by atoms with van der Waals surface area (Å²) in [4.78, 5) is 21.9. The minimum Gasteiger partial charge on any atom is -0.493 e. The second-order valence-corrected chi connectivity index (χ2v) is 7.78. The van der Waals surface area contributed by atoms with E-state index < -0.39 is 5.91 Å². The maximum atomic E-state index is 12.4. The van der Waals surface area contributed by atoms with E-state index in [0.717, 1.165) is 12.2 Å². The number of hydroxylamine groups is 2. The highest BCUT2D eigenvalue weighted by Crippen LogP contribution is 2.30. The van der Waals surface area contributed by atoms with E-state index in [-0.39, 0.29) is 11.4 Å². The van der Waals surface area contributed by atoms with Crippen molar-refractivity contribution in [1.29, 1.82) is 5.41 Å². The van der Waals surface area contributed by atoms with Crippen molar-refractivity contribution in [2.24, 2.45) is 4.99 Å². The fourth-order valence-corrected chi connectivity index (χ4v) is 3.51. The van der Waals surface area contributed by atoms with Gasteiger partial charge in [0.25, 0.3) is 5.91 Å². The number of ether oxygens (including phenoxy) is 3. The second kappa shape index (κ2) is 10.2. The van der Waals surface area contributed by atoms with Crippen LogP contribution in [0.1, 0.15) is 31.4 Å². The molecule has 8 heteroatoms. The summed E-state index contributed by atoms with van der Waals surface area (Å²) in [6.45, 7) is 4.86. The SMILES string of the molecule is CCc1ccc(OCCCOc2ccc(/C=C3/C(=N)N4OC(C)=CC4=NC3=O)cc2OC)cc1. The molecule has 2 aromatic rings. The third-order valence-corrected chi connectivity index (χ3v) is 5.33. The van der Waals surface area contributed by atoms with E-state index in [9.17, 15) is 4.79 Å². The maximum absolute atomic E-state index is 12.4. The Bertz CT molecular complexity index is 1180. The van der Waals surface area contributed by atoms with Crippen molar-refractivity contribution in [2.45, 2.75) is 26.7 Å². The van der Waals surface area contributed by atoms with Crippen molar-refractivity contribution in [1.82, 2.24) is 5.06 Å². The standard InChI is InChI=1S/C26H27N3O5/c1-4-18-6-9-20(10-7-18)32-12-5-13-33-22-11-8-19(16-23(22)31-3)15-21-25(27)29-24(28-26(21)30)14-17(2)34-29/h6-11,14-16,27H,4-5,12-13H2,1-3H3/b21-15-,27-25?. The van der Waals surface area contributed by atoms with E-state index in [2.05, 4.69) is 24.0 Å². The molecule has 0 radical (unpaired) electrons. The summed E-state index contributed by atoms with van der Waals surface area (Å²) in [5, 5.41) is 9.56. The number of allylic oxidation sites excluding steroid dienone is 1. The van der Waals surface area contributed by atoms with E-state index >= 15 is 0 Å². The maximum Gasteiger partial charge on any atom is 0.282 e. The first-order valence-electron chi connectivity index (χ1n) is 11.1. The molecule has 0 aliphatic carbocycles. The van der Waals surface area contributed by atoms with Crippen LogP contribution in [0.5, 0.6) is 17.2 Å². The number of carbonyl (C=O) groups excluding carboxylic acids is 1. The first kappa shape index (κ1) is 23.1. The van der Waals surface area contributed by atoms with Gasteiger partial charge in [0, 0.05) is 12.5 Å². The van der Waals surface area contributed by atoms with Crippen molar-refractivity contribution in [3.8, 4) is 17.2 Å². The number of hydrogen-bond acceptors (Lipinski definition) is 6. The highest BCUT2D eigenvalue weighted by Gasteiger charge is 2.34. The van der Waals surface area contributed by atoms with E-state index in [4.69, 9.17) is 24.5 Å². The third-order valence-electron chi connectivity index (χ3n) is 5.33. The molecular formula is C26H27N3O5. The van der Waals surface area contributed by atoms with Crippen molar-refractivity contribution in [3.05, 3.63) is 71.0 Å². The van der Waals surface area contributed by atoms with Gasteiger partial charge in [0.1, 0.15) is 11.5 Å². The predicted octanol–water partition coefficient (Wildman–Crippen LogP) is 4.56. The topological polar surface area (TPSA) is 93.4 Å². The number of amides is 1. The van der Waals surface area contributed by atoms with Crippen LogP contribution in [0.15, 0.2) is 64.9 Å². The molecule has 0 spiro atoms. The minimum atomic E-state index is -0.491. The van der Waals surface area contributed by atoms with Gasteiger partial charge in [-0.3, -0.25) is 10.2 Å². The predicted molar refractivity (Wildman–Crippen MR) is 129 cm³/mol. The normalized spacial score (nSPS) is 16.1. The molecule has 2 aliphatic rings. The summed E-state index contributed by atoms with van der Waals surface area (Å²) in [6, 6.07) is 13.4. The molecular weight excluding hydrogens is 434 g/mol. The van der Waals surface area contributed by atoms with Crippen LogP contribution < -0.4 is 14.2 Å². The first-order chi connectivity index (χ1) is 16.5. The number of carbonyl (C=O) groups is 1. The van der Waals surface area contributed by atoms with Gasteiger partial charge in [-0.25, -0.2) is 0 Å². The summed E-state index contributed by atoms with van der Waals surface area (Å²) in [5.41, 5.74) is 2.09. The Balaban J connectivity index is 1.35. The minimum absolute atomic E-state index is 0.0632. The van der Waals surface area contributed by atoms with E-state index in [1.165, 1.54) is 10.6 Å². The van der Waals surface area contributed by atoms with Crippen LogP contribution in [0.25, 0.3) is 6.08 Å². The molecule has 8 nitrogen and oxygen atoms in total. The number of hydrogen-bond donors (Lipinski definition) is 1. The monoisotopic (exact) mass is 461 g/mol. The Morgan fingerprint density at radius 3 is 2.59 bits per heavy atom. The number of nitrogens with zero attached hydrogens (tertiary/aromatic N) is 2. The molecule has 176 valence electrons. The highest BCUT2D eigenvalue weighted by molar-refractivity contribution is 6.32. The Kier molecular flexibility index (Phi) is 6.96. The fourth-order valence-electron chi connectivity index (χ4n) is 3.51. The van der Waals surface area contributed by atoms with Gasteiger partial charge in [-0.2, -0.15) is 4.99 Å². The Labute approximate surface area is 198 Å². The lowest BCUT2D eigenvalue weighted by molar-refractivity contribution is -0.114. The quantitative estimate of drug-likeness (QED) is 0.435. The molecule has 0 unspecified atom stereocenters. The van der Waals surface area contributed by atoms with E-state index in [1.54, 1.807) is 44.4 Å². The van der Waals surface area contributed by atoms with Gasteiger partial charge in [0.15, 0.2) is 23.2 Å². The lowest BCUT2D eigenvalue weighted by atomic mass is 10.1. The molecule has 1 N–H and O–H groups in total. The number of aryl methyl sites for hydroxylation is 1. The number of amidine groups is 2. The molecule has 0 saturated carbocycles. The fraction of sp³-hybridized carbons (Fsp3) is 0.269. The average Bonchev–Trinajstić information content (AvgIpc) is 3.22. The van der Waals surface area contributed by atoms with Gasteiger partial charge in [-0.05, 0) is 54.8 Å². The number of benzene rings is 2. The summed E-state index contributed by atoms with van der Waals surface area (Å²) >= 11 is 0. The third kappa shape index (κ3) is 5.11. The number of rotatable bonds is 9. The molecule has 2 aliphatic heterocycles. The summed E-state index contributed by atoms with van der Waals surface area (Å²) in [7, 11) is 1.55. The summed E-state index contributed by atoms with van der Waals surface area (Å²) in [6.07, 6.45) is 4.92. The van der Waals surface area contributed by atoms with Gasteiger partial charge >= 0.3 is 0 Å². The van der Waals surface area contributed by atoms with Gasteiger partial charge in [-0.15, -0.1) is 5.06 Å². The molecule has 0 fully saturated rings. The molecule has 0 aromatic heterocycles. The molecule has 2 heterocycles. The lowest BCUT2D eigenvalue weighted by Gasteiger charge is -2.23.